The van der Waals surface area contributed by atoms with Crippen LogP contribution in [-0.2, 0) is 0 Å². The fourth-order valence-electron chi connectivity index (χ4n) is 1.67. The maximum Gasteiger partial charge on any atom is 0.313 e. The maximum atomic E-state index is 5.52. The zero-order chi connectivity index (χ0) is 12.4. The van der Waals surface area contributed by atoms with Crippen molar-refractivity contribution in [3.63, 3.8) is 0 Å². The maximum absolute atomic E-state index is 5.52. The molecule has 0 saturated carbocycles. The molecule has 0 amide bonds. The largest absolute Gasteiger partial charge is 0.494 e. The minimum Gasteiger partial charge on any atom is -0.494 e. The van der Waals surface area contributed by atoms with Crippen LogP contribution in [0.2, 0.25) is 0 Å². The third-order valence-electron chi connectivity index (χ3n) is 2.49. The van der Waals surface area contributed by atoms with E-state index in [0.29, 0.717) is 12.5 Å². The molecular weight excluding hydrogens is 218 g/mol. The van der Waals surface area contributed by atoms with Crippen LogP contribution in [0, 0.1) is 13.8 Å². The lowest BCUT2D eigenvalue weighted by molar-refractivity contribution is 0.337. The van der Waals surface area contributed by atoms with Crippen molar-refractivity contribution in [1.82, 2.24) is 10.2 Å². The number of benzene rings is 1. The molecule has 5 nitrogen and oxygen atoms in total. The fourth-order valence-corrected chi connectivity index (χ4v) is 1.67. The molecule has 2 N–H and O–H groups in total. The molecular formula is C12H15N3O2. The van der Waals surface area contributed by atoms with Crippen molar-refractivity contribution >= 4 is 6.01 Å². The van der Waals surface area contributed by atoms with E-state index in [4.69, 9.17) is 14.9 Å². The molecule has 0 unspecified atom stereocenters. The molecule has 5 heteroatoms. The molecule has 0 radical (unpaired) electrons. The Morgan fingerprint density at radius 3 is 2.59 bits per heavy atom. The summed E-state index contributed by atoms with van der Waals surface area (Å²) in [4.78, 5) is 0. The van der Waals surface area contributed by atoms with E-state index in [1.54, 1.807) is 0 Å². The van der Waals surface area contributed by atoms with Gasteiger partial charge in [0.2, 0.25) is 5.89 Å². The summed E-state index contributed by atoms with van der Waals surface area (Å²) in [6, 6.07) is 4.01. The van der Waals surface area contributed by atoms with E-state index >= 15 is 0 Å². The number of nitrogens with zero attached hydrogens (tertiary/aromatic N) is 2. The molecule has 0 saturated heterocycles. The van der Waals surface area contributed by atoms with E-state index in [2.05, 4.69) is 10.2 Å². The first-order chi connectivity index (χ1) is 8.11. The van der Waals surface area contributed by atoms with Gasteiger partial charge in [-0.3, -0.25) is 0 Å². The molecule has 2 rings (SSSR count). The summed E-state index contributed by atoms with van der Waals surface area (Å²) < 4.78 is 10.7. The Kier molecular flexibility index (Phi) is 2.99. The number of aryl methyl sites for hydroxylation is 2. The van der Waals surface area contributed by atoms with Crippen LogP contribution in [0.25, 0.3) is 11.5 Å². The Bertz CT molecular complexity index is 535. The molecule has 0 aliphatic heterocycles. The lowest BCUT2D eigenvalue weighted by Gasteiger charge is -2.10. The smallest absolute Gasteiger partial charge is 0.313 e. The topological polar surface area (TPSA) is 74.2 Å². The summed E-state index contributed by atoms with van der Waals surface area (Å²) in [7, 11) is 0. The first-order valence-electron chi connectivity index (χ1n) is 5.45. The van der Waals surface area contributed by atoms with Gasteiger partial charge in [0.25, 0.3) is 0 Å². The van der Waals surface area contributed by atoms with Crippen molar-refractivity contribution in [3.05, 3.63) is 23.3 Å². The van der Waals surface area contributed by atoms with Crippen LogP contribution >= 0.6 is 0 Å². The van der Waals surface area contributed by atoms with Crippen molar-refractivity contribution in [3.8, 4) is 17.2 Å². The summed E-state index contributed by atoms with van der Waals surface area (Å²) in [6.07, 6.45) is 0. The van der Waals surface area contributed by atoms with Crippen molar-refractivity contribution in [2.45, 2.75) is 20.8 Å². The number of nitrogens with two attached hydrogens (primary N) is 1. The van der Waals surface area contributed by atoms with Gasteiger partial charge >= 0.3 is 6.01 Å². The first-order valence-corrected chi connectivity index (χ1v) is 5.45. The quantitative estimate of drug-likeness (QED) is 0.880. The highest BCUT2D eigenvalue weighted by atomic mass is 16.5. The number of anilines is 1. The summed E-state index contributed by atoms with van der Waals surface area (Å²) in [6.45, 7) is 6.56. The summed E-state index contributed by atoms with van der Waals surface area (Å²) >= 11 is 0. The molecule has 0 bridgehead atoms. The van der Waals surface area contributed by atoms with Crippen molar-refractivity contribution in [1.29, 1.82) is 0 Å². The van der Waals surface area contributed by atoms with Crippen LogP contribution in [0.1, 0.15) is 18.1 Å². The SMILES string of the molecule is CCOc1cc(C)c(-c2nnc(N)o2)cc1C. The van der Waals surface area contributed by atoms with E-state index in [9.17, 15) is 0 Å². The minimum atomic E-state index is 0.0749. The first kappa shape index (κ1) is 11.4. The third kappa shape index (κ3) is 2.22. The molecule has 0 aliphatic rings. The summed E-state index contributed by atoms with van der Waals surface area (Å²) in [5.41, 5.74) is 8.35. The summed E-state index contributed by atoms with van der Waals surface area (Å²) in [5.74, 6) is 1.31. The van der Waals surface area contributed by atoms with E-state index in [0.717, 1.165) is 22.4 Å². The standard InChI is InChI=1S/C12H15N3O2/c1-4-16-10-6-7(2)9(5-8(10)3)11-14-15-12(13)17-11/h5-6H,4H2,1-3H3,(H2,13,15). The number of hydrogen-bond acceptors (Lipinski definition) is 5. The molecule has 0 spiro atoms. The van der Waals surface area contributed by atoms with Crippen LogP contribution in [0.3, 0.4) is 0 Å². The van der Waals surface area contributed by atoms with Crippen LogP contribution in [-0.4, -0.2) is 16.8 Å². The second-order valence-electron chi connectivity index (χ2n) is 3.81. The van der Waals surface area contributed by atoms with Crippen LogP contribution < -0.4 is 10.5 Å². The molecule has 90 valence electrons. The van der Waals surface area contributed by atoms with Crippen LogP contribution in [0.15, 0.2) is 16.5 Å². The van der Waals surface area contributed by atoms with Gasteiger partial charge in [0, 0.05) is 5.56 Å². The van der Waals surface area contributed by atoms with Gasteiger partial charge in [-0.05, 0) is 44.0 Å². The van der Waals surface area contributed by atoms with Gasteiger partial charge < -0.3 is 14.9 Å². The average molecular weight is 233 g/mol. The molecule has 2 aromatic rings. The van der Waals surface area contributed by atoms with Gasteiger partial charge in [-0.15, -0.1) is 5.10 Å². The number of aromatic nitrogens is 2. The zero-order valence-electron chi connectivity index (χ0n) is 10.2. The van der Waals surface area contributed by atoms with Gasteiger partial charge in [0.1, 0.15) is 5.75 Å². The normalized spacial score (nSPS) is 10.5. The Morgan fingerprint density at radius 2 is 2.00 bits per heavy atom. The van der Waals surface area contributed by atoms with E-state index in [1.807, 2.05) is 32.9 Å². The second kappa shape index (κ2) is 4.45. The number of rotatable bonds is 3. The lowest BCUT2D eigenvalue weighted by Crippen LogP contribution is -1.96. The highest BCUT2D eigenvalue weighted by molar-refractivity contribution is 5.62. The predicted octanol–water partition coefficient (Wildman–Crippen LogP) is 2.33. The molecule has 1 aromatic heterocycles. The van der Waals surface area contributed by atoms with Gasteiger partial charge in [-0.2, -0.15) is 0 Å². The van der Waals surface area contributed by atoms with E-state index in [1.165, 1.54) is 0 Å². The third-order valence-corrected chi connectivity index (χ3v) is 2.49. The minimum absolute atomic E-state index is 0.0749. The van der Waals surface area contributed by atoms with Crippen molar-refractivity contribution in [2.75, 3.05) is 12.3 Å². The molecule has 17 heavy (non-hydrogen) atoms. The van der Waals surface area contributed by atoms with E-state index < -0.39 is 0 Å². The second-order valence-corrected chi connectivity index (χ2v) is 3.81. The molecule has 1 heterocycles. The number of ether oxygens (including phenoxy) is 1. The lowest BCUT2D eigenvalue weighted by atomic mass is 10.0. The average Bonchev–Trinajstić information content (AvgIpc) is 2.70. The molecule has 1 aromatic carbocycles. The number of nitrogen functional groups attached to an aromatic ring is 1. The molecule has 0 atom stereocenters. The fraction of sp³-hybridized carbons (Fsp3) is 0.333. The highest BCUT2D eigenvalue weighted by Gasteiger charge is 2.12. The van der Waals surface area contributed by atoms with Crippen LogP contribution in [0.5, 0.6) is 5.75 Å². The van der Waals surface area contributed by atoms with E-state index in [-0.39, 0.29) is 6.01 Å². The number of hydrogen-bond donors (Lipinski definition) is 1. The van der Waals surface area contributed by atoms with Gasteiger partial charge in [-0.25, -0.2) is 0 Å². The monoisotopic (exact) mass is 233 g/mol. The highest BCUT2D eigenvalue weighted by Crippen LogP contribution is 2.29. The van der Waals surface area contributed by atoms with Gasteiger partial charge in [0.15, 0.2) is 0 Å². The molecule has 0 fully saturated rings. The van der Waals surface area contributed by atoms with Crippen molar-refractivity contribution in [2.24, 2.45) is 0 Å². The van der Waals surface area contributed by atoms with Gasteiger partial charge in [-0.1, -0.05) is 5.10 Å². The summed E-state index contributed by atoms with van der Waals surface area (Å²) in [5, 5.41) is 7.53. The molecule has 0 aliphatic carbocycles. The predicted molar refractivity (Wildman–Crippen MR) is 64.8 cm³/mol. The Morgan fingerprint density at radius 1 is 1.24 bits per heavy atom. The zero-order valence-corrected chi connectivity index (χ0v) is 10.2. The Hall–Kier alpha value is -2.04. The Labute approximate surface area is 99.6 Å². The van der Waals surface area contributed by atoms with Crippen LogP contribution in [0.4, 0.5) is 6.01 Å². The van der Waals surface area contributed by atoms with Crippen molar-refractivity contribution < 1.29 is 9.15 Å². The Balaban J connectivity index is 2.46. The van der Waals surface area contributed by atoms with Gasteiger partial charge in [0.05, 0.1) is 6.61 Å².